The maximum atomic E-state index is 3.61. The van der Waals surface area contributed by atoms with Crippen LogP contribution in [0.4, 0.5) is 0 Å². The molecule has 0 radical (unpaired) electrons. The smallest absolute Gasteiger partial charge is 0.0302 e. The van der Waals surface area contributed by atoms with Gasteiger partial charge in [-0.1, -0.05) is 40.0 Å². The molecule has 0 aliphatic rings. The Labute approximate surface area is 111 Å². The number of nitrogens with one attached hydrogen (secondary N) is 1. The van der Waals surface area contributed by atoms with Gasteiger partial charge < -0.3 is 5.32 Å². The molecule has 0 aromatic carbocycles. The predicted octanol–water partition coefficient (Wildman–Crippen LogP) is 4.75. The third kappa shape index (κ3) is 5.69. The highest BCUT2D eigenvalue weighted by molar-refractivity contribution is 7.10. The molecule has 1 nitrogen and oxygen atoms in total. The molecule has 0 aliphatic heterocycles. The molecule has 1 aromatic rings. The summed E-state index contributed by atoms with van der Waals surface area (Å²) < 4.78 is 0. The zero-order valence-electron chi connectivity index (χ0n) is 11.8. The normalized spacial score (nSPS) is 12.0. The van der Waals surface area contributed by atoms with Gasteiger partial charge in [-0.2, -0.15) is 0 Å². The highest BCUT2D eigenvalue weighted by atomic mass is 32.1. The quantitative estimate of drug-likeness (QED) is 0.659. The fourth-order valence-electron chi connectivity index (χ4n) is 2.04. The molecule has 0 spiro atoms. The second-order valence-corrected chi connectivity index (χ2v) is 6.75. The maximum absolute atomic E-state index is 3.61. The summed E-state index contributed by atoms with van der Waals surface area (Å²) in [5, 5.41) is 5.79. The SMILES string of the molecule is CCCCCC(C)(C)CNCc1sccc1C. The van der Waals surface area contributed by atoms with Crippen LogP contribution in [0, 0.1) is 12.3 Å². The lowest BCUT2D eigenvalue weighted by molar-refractivity contribution is 0.302. The zero-order chi connectivity index (χ0) is 12.7. The van der Waals surface area contributed by atoms with Gasteiger partial charge in [-0.3, -0.25) is 0 Å². The second-order valence-electron chi connectivity index (χ2n) is 5.75. The molecular formula is C15H27NS. The first-order valence-corrected chi connectivity index (χ1v) is 7.67. The van der Waals surface area contributed by atoms with Gasteiger partial charge in [0.1, 0.15) is 0 Å². The lowest BCUT2D eigenvalue weighted by Crippen LogP contribution is -2.29. The first-order valence-electron chi connectivity index (χ1n) is 6.79. The molecule has 0 fully saturated rings. The predicted molar refractivity (Wildman–Crippen MR) is 78.7 cm³/mol. The molecular weight excluding hydrogens is 226 g/mol. The lowest BCUT2D eigenvalue weighted by atomic mass is 9.87. The molecule has 0 atom stereocenters. The lowest BCUT2D eigenvalue weighted by Gasteiger charge is -2.25. The number of hydrogen-bond donors (Lipinski definition) is 1. The van der Waals surface area contributed by atoms with Crippen LogP contribution in [0.15, 0.2) is 11.4 Å². The van der Waals surface area contributed by atoms with Gasteiger partial charge in [0.15, 0.2) is 0 Å². The monoisotopic (exact) mass is 253 g/mol. The highest BCUT2D eigenvalue weighted by Gasteiger charge is 2.16. The van der Waals surface area contributed by atoms with Crippen LogP contribution in [0.3, 0.4) is 0 Å². The van der Waals surface area contributed by atoms with Gasteiger partial charge in [-0.05, 0) is 35.8 Å². The van der Waals surface area contributed by atoms with Crippen LogP contribution in [0.1, 0.15) is 56.9 Å². The van der Waals surface area contributed by atoms with E-state index in [1.807, 2.05) is 11.3 Å². The molecule has 17 heavy (non-hydrogen) atoms. The summed E-state index contributed by atoms with van der Waals surface area (Å²) in [5.74, 6) is 0. The summed E-state index contributed by atoms with van der Waals surface area (Å²) in [7, 11) is 0. The molecule has 2 heteroatoms. The number of unbranched alkanes of at least 4 members (excludes halogenated alkanes) is 2. The van der Waals surface area contributed by atoms with Gasteiger partial charge in [0.05, 0.1) is 0 Å². The molecule has 0 bridgehead atoms. The number of aryl methyl sites for hydroxylation is 1. The summed E-state index contributed by atoms with van der Waals surface area (Å²) in [5.41, 5.74) is 1.85. The molecule has 0 saturated carbocycles. The van der Waals surface area contributed by atoms with Crippen molar-refractivity contribution in [3.63, 3.8) is 0 Å². The fraction of sp³-hybridized carbons (Fsp3) is 0.733. The van der Waals surface area contributed by atoms with Crippen LogP contribution in [-0.2, 0) is 6.54 Å². The molecule has 1 N–H and O–H groups in total. The van der Waals surface area contributed by atoms with Crippen molar-refractivity contribution in [3.05, 3.63) is 21.9 Å². The molecule has 0 unspecified atom stereocenters. The molecule has 1 heterocycles. The Bertz CT molecular complexity index is 314. The van der Waals surface area contributed by atoms with Crippen molar-refractivity contribution in [2.24, 2.45) is 5.41 Å². The van der Waals surface area contributed by atoms with Crippen LogP contribution in [0.25, 0.3) is 0 Å². The van der Waals surface area contributed by atoms with Gasteiger partial charge in [0.2, 0.25) is 0 Å². The number of hydrogen-bond acceptors (Lipinski definition) is 2. The van der Waals surface area contributed by atoms with Gasteiger partial charge in [-0.15, -0.1) is 11.3 Å². The Morgan fingerprint density at radius 1 is 1.29 bits per heavy atom. The van der Waals surface area contributed by atoms with E-state index < -0.39 is 0 Å². The Hall–Kier alpha value is -0.340. The average molecular weight is 253 g/mol. The summed E-state index contributed by atoms with van der Waals surface area (Å²) in [4.78, 5) is 1.48. The van der Waals surface area contributed by atoms with Crippen molar-refractivity contribution in [1.82, 2.24) is 5.32 Å². The minimum absolute atomic E-state index is 0.431. The molecule has 0 aliphatic carbocycles. The van der Waals surface area contributed by atoms with Crippen molar-refractivity contribution in [2.75, 3.05) is 6.54 Å². The third-order valence-electron chi connectivity index (χ3n) is 3.31. The fourth-order valence-corrected chi connectivity index (χ4v) is 2.92. The van der Waals surface area contributed by atoms with Crippen molar-refractivity contribution in [2.45, 2.75) is 59.9 Å². The van der Waals surface area contributed by atoms with E-state index in [9.17, 15) is 0 Å². The van der Waals surface area contributed by atoms with E-state index >= 15 is 0 Å². The van der Waals surface area contributed by atoms with Gasteiger partial charge in [0, 0.05) is 18.0 Å². The molecule has 1 rings (SSSR count). The van der Waals surface area contributed by atoms with E-state index in [4.69, 9.17) is 0 Å². The zero-order valence-corrected chi connectivity index (χ0v) is 12.6. The van der Waals surface area contributed by atoms with Gasteiger partial charge in [-0.25, -0.2) is 0 Å². The van der Waals surface area contributed by atoms with Crippen molar-refractivity contribution in [3.8, 4) is 0 Å². The first-order chi connectivity index (χ1) is 8.05. The van der Waals surface area contributed by atoms with Gasteiger partial charge >= 0.3 is 0 Å². The Morgan fingerprint density at radius 3 is 2.65 bits per heavy atom. The Kier molecular flexibility index (Phi) is 6.21. The molecule has 0 amide bonds. The van der Waals surface area contributed by atoms with E-state index in [1.54, 1.807) is 0 Å². The Morgan fingerprint density at radius 2 is 2.06 bits per heavy atom. The molecule has 1 aromatic heterocycles. The van der Waals surface area contributed by atoms with E-state index in [2.05, 4.69) is 44.5 Å². The van der Waals surface area contributed by atoms with Crippen LogP contribution < -0.4 is 5.32 Å². The minimum Gasteiger partial charge on any atom is -0.311 e. The molecule has 0 saturated heterocycles. The third-order valence-corrected chi connectivity index (χ3v) is 4.34. The average Bonchev–Trinajstić information content (AvgIpc) is 2.64. The van der Waals surface area contributed by atoms with E-state index in [-0.39, 0.29) is 0 Å². The van der Waals surface area contributed by atoms with E-state index in [1.165, 1.54) is 36.1 Å². The van der Waals surface area contributed by atoms with Crippen molar-refractivity contribution in [1.29, 1.82) is 0 Å². The number of thiophene rings is 1. The van der Waals surface area contributed by atoms with E-state index in [0.29, 0.717) is 5.41 Å². The highest BCUT2D eigenvalue weighted by Crippen LogP contribution is 2.23. The largest absolute Gasteiger partial charge is 0.311 e. The van der Waals surface area contributed by atoms with Crippen molar-refractivity contribution >= 4 is 11.3 Å². The van der Waals surface area contributed by atoms with Crippen LogP contribution in [0.2, 0.25) is 0 Å². The van der Waals surface area contributed by atoms with Gasteiger partial charge in [0.25, 0.3) is 0 Å². The van der Waals surface area contributed by atoms with Crippen LogP contribution in [-0.4, -0.2) is 6.54 Å². The second kappa shape index (κ2) is 7.17. The standard InChI is InChI=1S/C15H27NS/c1-5-6-7-9-15(3,4)12-16-11-14-13(2)8-10-17-14/h8,10,16H,5-7,9,11-12H2,1-4H3. The Balaban J connectivity index is 2.23. The minimum atomic E-state index is 0.431. The first kappa shape index (κ1) is 14.7. The van der Waals surface area contributed by atoms with Crippen LogP contribution in [0.5, 0.6) is 0 Å². The number of rotatable bonds is 8. The topological polar surface area (TPSA) is 12.0 Å². The summed E-state index contributed by atoms with van der Waals surface area (Å²) in [6.07, 6.45) is 5.38. The summed E-state index contributed by atoms with van der Waals surface area (Å²) in [6.45, 7) is 11.4. The molecule has 98 valence electrons. The summed E-state index contributed by atoms with van der Waals surface area (Å²) >= 11 is 1.86. The summed E-state index contributed by atoms with van der Waals surface area (Å²) in [6, 6.07) is 2.20. The maximum Gasteiger partial charge on any atom is 0.0302 e. The van der Waals surface area contributed by atoms with Crippen molar-refractivity contribution < 1.29 is 0 Å². The van der Waals surface area contributed by atoms with Crippen LogP contribution >= 0.6 is 11.3 Å². The van der Waals surface area contributed by atoms with E-state index in [0.717, 1.165) is 13.1 Å².